The first-order valence-electron chi connectivity index (χ1n) is 8.52. The van der Waals surface area contributed by atoms with Gasteiger partial charge in [-0.15, -0.1) is 16.4 Å². The fourth-order valence-electron chi connectivity index (χ4n) is 2.71. The van der Waals surface area contributed by atoms with Crippen LogP contribution in [0.3, 0.4) is 0 Å². The van der Waals surface area contributed by atoms with Gasteiger partial charge < -0.3 is 5.32 Å². The lowest BCUT2D eigenvalue weighted by atomic mass is 10.1. The highest BCUT2D eigenvalue weighted by Crippen LogP contribution is 2.27. The zero-order valence-electron chi connectivity index (χ0n) is 15.2. The lowest BCUT2D eigenvalue weighted by Gasteiger charge is -2.09. The normalized spacial score (nSPS) is 10.8. The molecule has 1 aromatic carbocycles. The molecule has 0 unspecified atom stereocenters. The first kappa shape index (κ1) is 18.3. The Bertz CT molecular complexity index is 1090. The number of anilines is 3. The van der Waals surface area contributed by atoms with Gasteiger partial charge >= 0.3 is 0 Å². The summed E-state index contributed by atoms with van der Waals surface area (Å²) in [6.45, 7) is 4.46. The van der Waals surface area contributed by atoms with Crippen molar-refractivity contribution >= 4 is 40.5 Å². The highest BCUT2D eigenvalue weighted by molar-refractivity contribution is 7.15. The van der Waals surface area contributed by atoms with Crippen LogP contribution in [-0.4, -0.2) is 30.1 Å². The summed E-state index contributed by atoms with van der Waals surface area (Å²) >= 11 is 7.35. The minimum atomic E-state index is 0.407. The standard InChI is InChI=1S/C18H17ClN8S/c1-10-7-11(2)23-17(22-10)25-18-24-15(26-27-18)13-5-3-4-6-14(13)20-8-12-9-21-16(19)28-12/h3-7,9,20H,8H2,1-2H3,(H2,22,23,24,25,26,27). The van der Waals surface area contributed by atoms with Crippen LogP contribution in [0.25, 0.3) is 11.4 Å². The van der Waals surface area contributed by atoms with E-state index in [9.17, 15) is 0 Å². The van der Waals surface area contributed by atoms with Crippen LogP contribution in [0.5, 0.6) is 0 Å². The number of hydrogen-bond acceptors (Lipinski definition) is 8. The van der Waals surface area contributed by atoms with Crippen LogP contribution in [0, 0.1) is 13.8 Å². The van der Waals surface area contributed by atoms with E-state index in [2.05, 4.69) is 40.8 Å². The molecular weight excluding hydrogens is 396 g/mol. The number of para-hydroxylation sites is 1. The fraction of sp³-hybridized carbons (Fsp3) is 0.167. The van der Waals surface area contributed by atoms with E-state index in [4.69, 9.17) is 11.6 Å². The maximum absolute atomic E-state index is 5.90. The highest BCUT2D eigenvalue weighted by atomic mass is 35.5. The van der Waals surface area contributed by atoms with E-state index in [-0.39, 0.29) is 0 Å². The van der Waals surface area contributed by atoms with Crippen LogP contribution in [0.15, 0.2) is 36.5 Å². The summed E-state index contributed by atoms with van der Waals surface area (Å²) in [6.07, 6.45) is 1.77. The van der Waals surface area contributed by atoms with Crippen molar-refractivity contribution < 1.29 is 0 Å². The van der Waals surface area contributed by atoms with Crippen LogP contribution < -0.4 is 10.6 Å². The number of benzene rings is 1. The van der Waals surface area contributed by atoms with Gasteiger partial charge in [-0.25, -0.2) is 15.0 Å². The summed E-state index contributed by atoms with van der Waals surface area (Å²) in [5.41, 5.74) is 3.59. The van der Waals surface area contributed by atoms with Crippen molar-refractivity contribution in [2.24, 2.45) is 0 Å². The summed E-state index contributed by atoms with van der Waals surface area (Å²) in [5.74, 6) is 1.51. The molecule has 0 fully saturated rings. The molecule has 0 saturated heterocycles. The molecule has 0 saturated carbocycles. The van der Waals surface area contributed by atoms with Gasteiger partial charge in [0.15, 0.2) is 10.3 Å². The molecule has 10 heteroatoms. The first-order chi connectivity index (χ1) is 13.6. The maximum Gasteiger partial charge on any atom is 0.249 e. The van der Waals surface area contributed by atoms with Crippen LogP contribution >= 0.6 is 22.9 Å². The number of rotatable bonds is 6. The van der Waals surface area contributed by atoms with Crippen molar-refractivity contribution in [2.45, 2.75) is 20.4 Å². The Balaban J connectivity index is 1.53. The van der Waals surface area contributed by atoms with Gasteiger partial charge in [-0.3, -0.25) is 10.4 Å². The first-order valence-corrected chi connectivity index (χ1v) is 9.71. The van der Waals surface area contributed by atoms with Crippen molar-refractivity contribution in [3.05, 3.63) is 57.3 Å². The predicted octanol–water partition coefficient (Wildman–Crippen LogP) is 4.34. The van der Waals surface area contributed by atoms with Gasteiger partial charge in [-0.1, -0.05) is 23.7 Å². The summed E-state index contributed by atoms with van der Waals surface area (Å²) in [7, 11) is 0. The van der Waals surface area contributed by atoms with Crippen molar-refractivity contribution in [1.82, 2.24) is 30.1 Å². The second-order valence-corrected chi connectivity index (χ2v) is 7.78. The molecule has 28 heavy (non-hydrogen) atoms. The molecule has 3 heterocycles. The second kappa shape index (κ2) is 7.91. The molecule has 0 bridgehead atoms. The Morgan fingerprint density at radius 1 is 1.07 bits per heavy atom. The number of H-pyrrole nitrogens is 1. The molecule has 0 aliphatic heterocycles. The van der Waals surface area contributed by atoms with Crippen molar-refractivity contribution in [1.29, 1.82) is 0 Å². The topological polar surface area (TPSA) is 104 Å². The van der Waals surface area contributed by atoms with E-state index in [1.54, 1.807) is 6.20 Å². The lowest BCUT2D eigenvalue weighted by molar-refractivity contribution is 1.04. The highest BCUT2D eigenvalue weighted by Gasteiger charge is 2.11. The second-order valence-electron chi connectivity index (χ2n) is 6.09. The van der Waals surface area contributed by atoms with Gasteiger partial charge in [-0.2, -0.15) is 4.98 Å². The minimum absolute atomic E-state index is 0.407. The molecule has 3 aromatic heterocycles. The third-order valence-electron chi connectivity index (χ3n) is 3.85. The number of aryl methyl sites for hydroxylation is 2. The Kier molecular flexibility index (Phi) is 5.18. The molecular formula is C18H17ClN8S. The van der Waals surface area contributed by atoms with E-state index < -0.39 is 0 Å². The maximum atomic E-state index is 5.90. The third-order valence-corrected chi connectivity index (χ3v) is 4.97. The number of aromatic nitrogens is 6. The van der Waals surface area contributed by atoms with E-state index in [1.165, 1.54) is 11.3 Å². The SMILES string of the molecule is Cc1cc(C)nc(Nc2n[nH]c(-c3ccccc3NCc3cnc(Cl)s3)n2)n1. The number of halogens is 1. The molecule has 0 amide bonds. The average molecular weight is 413 g/mol. The number of aromatic amines is 1. The van der Waals surface area contributed by atoms with E-state index >= 15 is 0 Å². The molecule has 4 aromatic rings. The molecule has 0 aliphatic carbocycles. The summed E-state index contributed by atoms with van der Waals surface area (Å²) in [6, 6.07) is 9.78. The van der Waals surface area contributed by atoms with Gasteiger partial charge in [0.05, 0.1) is 6.54 Å². The largest absolute Gasteiger partial charge is 0.379 e. The Morgan fingerprint density at radius 2 is 1.86 bits per heavy atom. The van der Waals surface area contributed by atoms with E-state index in [1.807, 2.05) is 44.2 Å². The summed E-state index contributed by atoms with van der Waals surface area (Å²) in [5, 5.41) is 13.6. The summed E-state index contributed by atoms with van der Waals surface area (Å²) in [4.78, 5) is 18.3. The smallest absolute Gasteiger partial charge is 0.249 e. The molecule has 142 valence electrons. The van der Waals surface area contributed by atoms with Crippen molar-refractivity contribution in [3.8, 4) is 11.4 Å². The Labute approximate surface area is 170 Å². The van der Waals surface area contributed by atoms with Crippen molar-refractivity contribution in [3.63, 3.8) is 0 Å². The van der Waals surface area contributed by atoms with Gasteiger partial charge in [-0.05, 0) is 32.0 Å². The zero-order valence-corrected chi connectivity index (χ0v) is 16.8. The monoisotopic (exact) mass is 412 g/mol. The van der Waals surface area contributed by atoms with Crippen LogP contribution in [0.1, 0.15) is 16.3 Å². The molecule has 0 radical (unpaired) electrons. The zero-order chi connectivity index (χ0) is 19.5. The number of nitrogens with one attached hydrogen (secondary N) is 3. The molecule has 0 spiro atoms. The molecule has 0 atom stereocenters. The van der Waals surface area contributed by atoms with Crippen LogP contribution in [0.2, 0.25) is 4.47 Å². The van der Waals surface area contributed by atoms with Gasteiger partial charge in [0.2, 0.25) is 11.9 Å². The molecule has 8 nitrogen and oxygen atoms in total. The Morgan fingerprint density at radius 3 is 2.61 bits per heavy atom. The number of thiazole rings is 1. The molecule has 3 N–H and O–H groups in total. The summed E-state index contributed by atoms with van der Waals surface area (Å²) < 4.78 is 0.532. The number of hydrogen-bond donors (Lipinski definition) is 3. The number of nitrogens with zero attached hydrogens (tertiary/aromatic N) is 5. The quantitative estimate of drug-likeness (QED) is 0.432. The van der Waals surface area contributed by atoms with Gasteiger partial charge in [0, 0.05) is 33.7 Å². The molecule has 4 rings (SSSR count). The van der Waals surface area contributed by atoms with Gasteiger partial charge in [0.1, 0.15) is 0 Å². The van der Waals surface area contributed by atoms with Gasteiger partial charge in [0.25, 0.3) is 0 Å². The Hall–Kier alpha value is -3.04. The molecule has 0 aliphatic rings. The van der Waals surface area contributed by atoms with Crippen LogP contribution in [0.4, 0.5) is 17.6 Å². The van der Waals surface area contributed by atoms with Crippen molar-refractivity contribution in [2.75, 3.05) is 10.6 Å². The lowest BCUT2D eigenvalue weighted by Crippen LogP contribution is -2.01. The van der Waals surface area contributed by atoms with E-state index in [0.29, 0.717) is 28.7 Å². The minimum Gasteiger partial charge on any atom is -0.379 e. The van der Waals surface area contributed by atoms with E-state index in [0.717, 1.165) is 27.5 Å². The van der Waals surface area contributed by atoms with Crippen LogP contribution in [-0.2, 0) is 6.54 Å². The predicted molar refractivity (Wildman–Crippen MR) is 111 cm³/mol. The average Bonchev–Trinajstić information content (AvgIpc) is 3.28. The fourth-order valence-corrected chi connectivity index (χ4v) is 3.63. The third kappa shape index (κ3) is 4.26.